The van der Waals surface area contributed by atoms with E-state index in [1.165, 1.54) is 5.56 Å². The van der Waals surface area contributed by atoms with Crippen molar-refractivity contribution < 1.29 is 23.5 Å². The second-order valence-corrected chi connectivity index (χ2v) is 12.4. The average molecular weight is 549 g/mol. The molecule has 36 heavy (non-hydrogen) atoms. The van der Waals surface area contributed by atoms with Crippen LogP contribution in [0.25, 0.3) is 0 Å². The molecule has 0 aliphatic carbocycles. The smallest absolute Gasteiger partial charge is 0.368 e. The summed E-state index contributed by atoms with van der Waals surface area (Å²) in [6, 6.07) is 14.8. The molecule has 2 atom stereocenters. The highest BCUT2D eigenvalue weighted by atomic mass is 35.5. The lowest BCUT2D eigenvalue weighted by Crippen LogP contribution is -2.17. The van der Waals surface area contributed by atoms with Gasteiger partial charge in [-0.1, -0.05) is 49.2 Å². The fraction of sp³-hybridized carbons (Fsp3) is 0.357. The van der Waals surface area contributed by atoms with Gasteiger partial charge in [-0.15, -0.1) is 0 Å². The summed E-state index contributed by atoms with van der Waals surface area (Å²) in [6.07, 6.45) is 0.665. The Hall–Kier alpha value is -2.01. The van der Waals surface area contributed by atoms with Gasteiger partial charge in [0.1, 0.15) is 11.5 Å². The third-order valence-corrected chi connectivity index (χ3v) is 8.40. The molecule has 1 heterocycles. The number of benzene rings is 3. The Balaban J connectivity index is 1.46. The Morgan fingerprint density at radius 3 is 2.36 bits per heavy atom. The predicted octanol–water partition coefficient (Wildman–Crippen LogP) is 8.74. The second-order valence-electron chi connectivity index (χ2n) is 9.56. The van der Waals surface area contributed by atoms with E-state index < -0.39 is 13.7 Å². The second kappa shape index (κ2) is 11.2. The molecule has 0 spiro atoms. The lowest BCUT2D eigenvalue weighted by molar-refractivity contribution is 0.0725. The summed E-state index contributed by atoms with van der Waals surface area (Å²) < 4.78 is 30.6. The van der Waals surface area contributed by atoms with Gasteiger partial charge in [-0.05, 0) is 96.0 Å². The maximum atomic E-state index is 13.3. The topological polar surface area (TPSA) is 65.0 Å². The van der Waals surface area contributed by atoms with Crippen LogP contribution in [0, 0.1) is 13.8 Å². The minimum atomic E-state index is -3.48. The van der Waals surface area contributed by atoms with Crippen molar-refractivity contribution in [2.24, 2.45) is 0 Å². The molecule has 1 aliphatic rings. The monoisotopic (exact) mass is 548 g/mol. The van der Waals surface area contributed by atoms with Gasteiger partial charge < -0.3 is 14.4 Å². The summed E-state index contributed by atoms with van der Waals surface area (Å²) in [5.74, 6) is 1.18. The van der Waals surface area contributed by atoms with Crippen LogP contribution in [0.4, 0.5) is 0 Å². The maximum Gasteiger partial charge on any atom is 0.368 e. The van der Waals surface area contributed by atoms with Crippen LogP contribution >= 0.6 is 30.8 Å². The van der Waals surface area contributed by atoms with Gasteiger partial charge >= 0.3 is 7.60 Å². The predicted molar refractivity (Wildman–Crippen MR) is 145 cm³/mol. The number of rotatable bonds is 7. The van der Waals surface area contributed by atoms with E-state index in [0.717, 1.165) is 34.2 Å². The van der Waals surface area contributed by atoms with Gasteiger partial charge in [0.15, 0.2) is 6.35 Å². The fourth-order valence-electron chi connectivity index (χ4n) is 4.48. The maximum absolute atomic E-state index is 13.3. The van der Waals surface area contributed by atoms with E-state index in [1.54, 1.807) is 24.3 Å². The molecule has 192 valence electrons. The molecule has 0 saturated carbocycles. The first kappa shape index (κ1) is 27.0. The van der Waals surface area contributed by atoms with E-state index >= 15 is 0 Å². The van der Waals surface area contributed by atoms with Gasteiger partial charge in [-0.25, -0.2) is 0 Å². The SMILES string of the molecule is Cc1cc(OC[P@@]2(=O)OCC[C@@H](c3cc(Cl)cc(Cl)c3)O2)cc(C)c1Cc1ccc(O)c(C(C)C)c1. The zero-order valence-electron chi connectivity index (χ0n) is 20.9. The quantitative estimate of drug-likeness (QED) is 0.299. The van der Waals surface area contributed by atoms with Crippen molar-refractivity contribution in [1.82, 2.24) is 0 Å². The summed E-state index contributed by atoms with van der Waals surface area (Å²) in [5, 5.41) is 11.1. The summed E-state index contributed by atoms with van der Waals surface area (Å²) in [7, 11) is -3.48. The molecule has 4 rings (SSSR count). The standard InChI is InChI=1S/C28H31Cl2O5P/c1-17(2)25-11-20(5-6-27(25)31)12-26-18(3)9-24(10-19(26)4)33-16-36(32)34-8-7-28(35-36)21-13-22(29)15-23(30)14-21/h5-6,9-11,13-15,17,28,31H,7-8,12,16H2,1-4H3/t28-,36+/m0/s1. The first-order valence-corrected chi connectivity index (χ1v) is 14.4. The van der Waals surface area contributed by atoms with Crippen molar-refractivity contribution in [2.75, 3.05) is 13.0 Å². The number of phenols is 1. The third-order valence-electron chi connectivity index (χ3n) is 6.37. The Bertz CT molecular complexity index is 1260. The minimum Gasteiger partial charge on any atom is -0.508 e. The summed E-state index contributed by atoms with van der Waals surface area (Å²) in [5.41, 5.74) is 6.17. The molecule has 8 heteroatoms. The molecule has 0 unspecified atom stereocenters. The summed E-state index contributed by atoms with van der Waals surface area (Å²) in [6.45, 7) is 8.50. The van der Waals surface area contributed by atoms with Gasteiger partial charge in [-0.2, -0.15) is 0 Å². The highest BCUT2D eigenvalue weighted by Gasteiger charge is 2.35. The normalized spacial score (nSPS) is 20.0. The highest BCUT2D eigenvalue weighted by molar-refractivity contribution is 7.53. The number of phenolic OH excluding ortho intramolecular Hbond substituents is 1. The van der Waals surface area contributed by atoms with Crippen LogP contribution < -0.4 is 4.74 Å². The van der Waals surface area contributed by atoms with E-state index in [4.69, 9.17) is 37.0 Å². The van der Waals surface area contributed by atoms with Crippen LogP contribution in [-0.4, -0.2) is 18.1 Å². The van der Waals surface area contributed by atoms with Gasteiger partial charge in [0, 0.05) is 16.5 Å². The van der Waals surface area contributed by atoms with Crippen molar-refractivity contribution >= 4 is 30.8 Å². The van der Waals surface area contributed by atoms with E-state index in [1.807, 2.05) is 32.0 Å². The number of ether oxygens (including phenoxy) is 1. The molecule has 1 aliphatic heterocycles. The number of halogens is 2. The van der Waals surface area contributed by atoms with Gasteiger partial charge in [0.05, 0.1) is 12.7 Å². The zero-order chi connectivity index (χ0) is 26.0. The lowest BCUT2D eigenvalue weighted by atomic mass is 9.93. The largest absolute Gasteiger partial charge is 0.508 e. The van der Waals surface area contributed by atoms with E-state index in [0.29, 0.717) is 28.0 Å². The molecule has 5 nitrogen and oxygen atoms in total. The fourth-order valence-corrected chi connectivity index (χ4v) is 6.53. The first-order chi connectivity index (χ1) is 17.0. The Morgan fingerprint density at radius 2 is 1.72 bits per heavy atom. The summed E-state index contributed by atoms with van der Waals surface area (Å²) in [4.78, 5) is 0. The van der Waals surface area contributed by atoms with Gasteiger partial charge in [-0.3, -0.25) is 9.09 Å². The van der Waals surface area contributed by atoms with Crippen molar-refractivity contribution in [3.8, 4) is 11.5 Å². The molecular weight excluding hydrogens is 518 g/mol. The van der Waals surface area contributed by atoms with E-state index in [2.05, 4.69) is 19.9 Å². The minimum absolute atomic E-state index is 0.189. The van der Waals surface area contributed by atoms with Gasteiger partial charge in [0.2, 0.25) is 0 Å². The number of aryl methyl sites for hydroxylation is 2. The van der Waals surface area contributed by atoms with Crippen LogP contribution in [0.5, 0.6) is 11.5 Å². The molecule has 3 aromatic rings. The van der Waals surface area contributed by atoms with E-state index in [9.17, 15) is 9.67 Å². The van der Waals surface area contributed by atoms with Gasteiger partial charge in [0.25, 0.3) is 0 Å². The van der Waals surface area contributed by atoms with Crippen molar-refractivity contribution in [1.29, 1.82) is 0 Å². The average Bonchev–Trinajstić information content (AvgIpc) is 2.80. The molecule has 0 aromatic heterocycles. The molecular formula is C28H31Cl2O5P. The van der Waals surface area contributed by atoms with Crippen LogP contribution in [0.1, 0.15) is 65.7 Å². The molecule has 3 aromatic carbocycles. The van der Waals surface area contributed by atoms with Crippen LogP contribution in [0.15, 0.2) is 48.5 Å². The van der Waals surface area contributed by atoms with Crippen molar-refractivity contribution in [2.45, 2.75) is 52.6 Å². The number of aromatic hydroxyl groups is 1. The number of hydrogen-bond donors (Lipinski definition) is 1. The van der Waals surface area contributed by atoms with E-state index in [-0.39, 0.29) is 18.9 Å². The molecule has 1 saturated heterocycles. The molecule has 0 radical (unpaired) electrons. The Morgan fingerprint density at radius 1 is 1.06 bits per heavy atom. The van der Waals surface area contributed by atoms with Crippen LogP contribution in [-0.2, 0) is 20.0 Å². The molecule has 0 bridgehead atoms. The first-order valence-electron chi connectivity index (χ1n) is 12.0. The number of hydrogen-bond acceptors (Lipinski definition) is 5. The summed E-state index contributed by atoms with van der Waals surface area (Å²) >= 11 is 12.3. The van der Waals surface area contributed by atoms with Crippen molar-refractivity contribution in [3.05, 3.63) is 92.0 Å². The Labute approximate surface area is 222 Å². The highest BCUT2D eigenvalue weighted by Crippen LogP contribution is 2.56. The van der Waals surface area contributed by atoms with Crippen LogP contribution in [0.2, 0.25) is 10.0 Å². The lowest BCUT2D eigenvalue weighted by Gasteiger charge is -2.30. The molecule has 1 N–H and O–H groups in total. The van der Waals surface area contributed by atoms with Crippen LogP contribution in [0.3, 0.4) is 0 Å². The Kier molecular flexibility index (Phi) is 8.38. The molecule has 1 fully saturated rings. The molecule has 0 amide bonds. The zero-order valence-corrected chi connectivity index (χ0v) is 23.3. The third kappa shape index (κ3) is 6.45. The van der Waals surface area contributed by atoms with Crippen molar-refractivity contribution in [3.63, 3.8) is 0 Å².